The monoisotopic (exact) mass is 268 g/mol. The highest BCUT2D eigenvalue weighted by Gasteiger charge is 2.20. The Labute approximate surface area is 116 Å². The van der Waals surface area contributed by atoms with E-state index in [9.17, 15) is 0 Å². The number of aromatic nitrogens is 3. The number of nitrogens with one attached hydrogen (secondary N) is 1. The molecule has 4 rings (SSSR count). The van der Waals surface area contributed by atoms with Crippen LogP contribution in [-0.4, -0.2) is 35.2 Å². The highest BCUT2D eigenvalue weighted by Crippen LogP contribution is 2.35. The average Bonchev–Trinajstić information content (AvgIpc) is 3.13. The van der Waals surface area contributed by atoms with Crippen LogP contribution < -0.4 is 9.64 Å². The van der Waals surface area contributed by atoms with Crippen LogP contribution in [0.5, 0.6) is 5.75 Å². The van der Waals surface area contributed by atoms with Crippen molar-refractivity contribution in [2.75, 3.05) is 25.1 Å². The highest BCUT2D eigenvalue weighted by molar-refractivity contribution is 6.11. The number of anilines is 1. The van der Waals surface area contributed by atoms with Crippen molar-refractivity contribution in [3.05, 3.63) is 24.5 Å². The normalized spacial score (nSPS) is 15.3. The third-order valence-electron chi connectivity index (χ3n) is 3.98. The molecule has 1 fully saturated rings. The minimum Gasteiger partial charge on any atom is -0.496 e. The minimum atomic E-state index is 0.847. The van der Waals surface area contributed by atoms with Crippen molar-refractivity contribution in [3.8, 4) is 5.75 Å². The number of aromatic amines is 1. The van der Waals surface area contributed by atoms with Gasteiger partial charge in [0.25, 0.3) is 0 Å². The van der Waals surface area contributed by atoms with Gasteiger partial charge in [-0.15, -0.1) is 0 Å². The number of nitrogens with zero attached hydrogens (tertiary/aromatic N) is 3. The van der Waals surface area contributed by atoms with Crippen molar-refractivity contribution in [2.24, 2.45) is 0 Å². The lowest BCUT2D eigenvalue weighted by Crippen LogP contribution is -2.19. The van der Waals surface area contributed by atoms with Crippen LogP contribution in [0, 0.1) is 0 Å². The minimum absolute atomic E-state index is 0.847. The molecule has 0 aliphatic carbocycles. The van der Waals surface area contributed by atoms with E-state index in [1.54, 1.807) is 13.4 Å². The first-order valence-corrected chi connectivity index (χ1v) is 6.93. The fourth-order valence-electron chi connectivity index (χ4n) is 3.03. The molecule has 5 heteroatoms. The van der Waals surface area contributed by atoms with Gasteiger partial charge in [0.1, 0.15) is 23.1 Å². The van der Waals surface area contributed by atoms with Crippen LogP contribution >= 0.6 is 0 Å². The second kappa shape index (κ2) is 4.37. The molecule has 102 valence electrons. The molecule has 0 saturated carbocycles. The molecule has 0 bridgehead atoms. The van der Waals surface area contributed by atoms with Crippen molar-refractivity contribution in [1.82, 2.24) is 15.0 Å². The molecule has 5 nitrogen and oxygen atoms in total. The van der Waals surface area contributed by atoms with Crippen LogP contribution in [0.2, 0.25) is 0 Å². The largest absolute Gasteiger partial charge is 0.496 e. The van der Waals surface area contributed by atoms with Crippen LogP contribution in [0.3, 0.4) is 0 Å². The van der Waals surface area contributed by atoms with Crippen molar-refractivity contribution in [1.29, 1.82) is 0 Å². The molecule has 1 aromatic carbocycles. The smallest absolute Gasteiger partial charge is 0.156 e. The zero-order chi connectivity index (χ0) is 13.5. The van der Waals surface area contributed by atoms with Gasteiger partial charge in [0, 0.05) is 13.1 Å². The molecule has 1 N–H and O–H groups in total. The van der Waals surface area contributed by atoms with Gasteiger partial charge >= 0.3 is 0 Å². The van der Waals surface area contributed by atoms with Crippen molar-refractivity contribution < 1.29 is 4.74 Å². The number of benzene rings is 1. The molecule has 0 amide bonds. The van der Waals surface area contributed by atoms with Crippen molar-refractivity contribution >= 4 is 27.8 Å². The van der Waals surface area contributed by atoms with Gasteiger partial charge in [0.05, 0.1) is 18.0 Å². The van der Waals surface area contributed by atoms with Crippen LogP contribution in [0.15, 0.2) is 24.5 Å². The topological polar surface area (TPSA) is 54.0 Å². The maximum Gasteiger partial charge on any atom is 0.156 e. The first-order chi connectivity index (χ1) is 9.88. The third kappa shape index (κ3) is 1.56. The molecule has 3 heterocycles. The van der Waals surface area contributed by atoms with E-state index in [1.807, 2.05) is 18.2 Å². The lowest BCUT2D eigenvalue weighted by atomic mass is 10.2. The lowest BCUT2D eigenvalue weighted by molar-refractivity contribution is 0.420. The van der Waals surface area contributed by atoms with Gasteiger partial charge in [0.15, 0.2) is 5.82 Å². The highest BCUT2D eigenvalue weighted by atomic mass is 16.5. The zero-order valence-corrected chi connectivity index (χ0v) is 11.4. The molecule has 1 saturated heterocycles. The van der Waals surface area contributed by atoms with Gasteiger partial charge in [-0.2, -0.15) is 0 Å². The van der Waals surface area contributed by atoms with Crippen LogP contribution in [0.1, 0.15) is 12.8 Å². The Morgan fingerprint density at radius 1 is 1.20 bits per heavy atom. The summed E-state index contributed by atoms with van der Waals surface area (Å²) < 4.78 is 5.47. The number of rotatable bonds is 2. The van der Waals surface area contributed by atoms with Crippen molar-refractivity contribution in [3.63, 3.8) is 0 Å². The summed E-state index contributed by atoms with van der Waals surface area (Å²) in [5, 5.41) is 1.04. The van der Waals surface area contributed by atoms with E-state index in [4.69, 9.17) is 4.74 Å². The Kier molecular flexibility index (Phi) is 2.52. The number of fused-ring (bicyclic) bond motifs is 3. The SMILES string of the molecule is COc1cccc2[nH]c3c(N4CCCC4)ncnc3c12. The summed E-state index contributed by atoms with van der Waals surface area (Å²) in [6.07, 6.45) is 4.11. The number of methoxy groups -OCH3 is 1. The predicted molar refractivity (Wildman–Crippen MR) is 79.4 cm³/mol. The molecule has 0 radical (unpaired) electrons. The quantitative estimate of drug-likeness (QED) is 0.776. The third-order valence-corrected chi connectivity index (χ3v) is 3.98. The molecule has 20 heavy (non-hydrogen) atoms. The molecule has 1 aliphatic rings. The first-order valence-electron chi connectivity index (χ1n) is 6.93. The van der Waals surface area contributed by atoms with E-state index in [2.05, 4.69) is 19.9 Å². The van der Waals surface area contributed by atoms with E-state index in [0.29, 0.717) is 0 Å². The zero-order valence-electron chi connectivity index (χ0n) is 11.4. The van der Waals surface area contributed by atoms with E-state index in [0.717, 1.165) is 46.6 Å². The summed E-state index contributed by atoms with van der Waals surface area (Å²) in [6, 6.07) is 6.00. The van der Waals surface area contributed by atoms with E-state index >= 15 is 0 Å². The Hall–Kier alpha value is -2.30. The molecule has 0 unspecified atom stereocenters. The Balaban J connectivity index is 2.04. The van der Waals surface area contributed by atoms with Gasteiger partial charge in [-0.05, 0) is 25.0 Å². The van der Waals surface area contributed by atoms with Gasteiger partial charge in [-0.1, -0.05) is 6.07 Å². The van der Waals surface area contributed by atoms with Gasteiger partial charge in [-0.3, -0.25) is 0 Å². The Morgan fingerprint density at radius 2 is 2.05 bits per heavy atom. The molecule has 0 atom stereocenters. The van der Waals surface area contributed by atoms with Gasteiger partial charge in [0.2, 0.25) is 0 Å². The second-order valence-corrected chi connectivity index (χ2v) is 5.12. The fourth-order valence-corrected chi connectivity index (χ4v) is 3.03. The molecule has 2 aromatic heterocycles. The number of H-pyrrole nitrogens is 1. The Bertz CT molecular complexity index is 774. The van der Waals surface area contributed by atoms with Gasteiger partial charge in [-0.25, -0.2) is 9.97 Å². The maximum absolute atomic E-state index is 5.47. The molecular weight excluding hydrogens is 252 g/mol. The average molecular weight is 268 g/mol. The van der Waals surface area contributed by atoms with Crippen molar-refractivity contribution in [2.45, 2.75) is 12.8 Å². The Morgan fingerprint density at radius 3 is 2.85 bits per heavy atom. The number of hydrogen-bond donors (Lipinski definition) is 1. The summed E-state index contributed by atoms with van der Waals surface area (Å²) in [4.78, 5) is 14.7. The summed E-state index contributed by atoms with van der Waals surface area (Å²) >= 11 is 0. The molecule has 1 aliphatic heterocycles. The second-order valence-electron chi connectivity index (χ2n) is 5.12. The number of ether oxygens (including phenoxy) is 1. The summed E-state index contributed by atoms with van der Waals surface area (Å²) in [7, 11) is 1.69. The molecule has 0 spiro atoms. The number of hydrogen-bond acceptors (Lipinski definition) is 4. The summed E-state index contributed by atoms with van der Waals surface area (Å²) in [5.74, 6) is 1.85. The maximum atomic E-state index is 5.47. The van der Waals surface area contributed by atoms with Gasteiger partial charge < -0.3 is 14.6 Å². The standard InChI is InChI=1S/C15H16N4O/c1-20-11-6-4-5-10-12(11)13-14(18-10)15(17-9-16-13)19-7-2-3-8-19/h4-6,9,18H,2-3,7-8H2,1H3. The first kappa shape index (κ1) is 11.5. The molecular formula is C15H16N4O. The van der Waals surface area contributed by atoms with Crippen LogP contribution in [0.4, 0.5) is 5.82 Å². The van der Waals surface area contributed by atoms with Crippen LogP contribution in [-0.2, 0) is 0 Å². The van der Waals surface area contributed by atoms with Crippen LogP contribution in [0.25, 0.3) is 21.9 Å². The fraction of sp³-hybridized carbons (Fsp3) is 0.333. The predicted octanol–water partition coefficient (Wildman–Crippen LogP) is 2.72. The molecule has 3 aromatic rings. The van der Waals surface area contributed by atoms with E-state index < -0.39 is 0 Å². The lowest BCUT2D eigenvalue weighted by Gasteiger charge is -2.16. The summed E-state index contributed by atoms with van der Waals surface area (Å²) in [5.41, 5.74) is 2.99. The van der Waals surface area contributed by atoms with E-state index in [1.165, 1.54) is 12.8 Å². The van der Waals surface area contributed by atoms with E-state index in [-0.39, 0.29) is 0 Å². The summed E-state index contributed by atoms with van der Waals surface area (Å²) in [6.45, 7) is 2.14.